The smallest absolute Gasteiger partial charge is 0.423 e. The maximum Gasteiger partial charge on any atom is 0.488 e. The molecule has 4 rings (SSSR count). The van der Waals surface area contributed by atoms with Crippen LogP contribution in [0, 0.1) is 0 Å². The Kier molecular flexibility index (Phi) is 5.56. The normalized spacial score (nSPS) is 15.1. The lowest BCUT2D eigenvalue weighted by atomic mass is 9.80. The number of anilines is 4. The van der Waals surface area contributed by atoms with E-state index in [0.29, 0.717) is 29.9 Å². The van der Waals surface area contributed by atoms with Gasteiger partial charge in [-0.05, 0) is 36.0 Å². The molecule has 154 valence electrons. The van der Waals surface area contributed by atoms with Crippen molar-refractivity contribution in [2.24, 2.45) is 0 Å². The molecular formula is C21H25BN6O2. The van der Waals surface area contributed by atoms with Crippen LogP contribution in [0.3, 0.4) is 0 Å². The van der Waals surface area contributed by atoms with Gasteiger partial charge in [0.1, 0.15) is 0 Å². The van der Waals surface area contributed by atoms with Crippen molar-refractivity contribution < 1.29 is 10.0 Å². The van der Waals surface area contributed by atoms with E-state index in [2.05, 4.69) is 50.3 Å². The number of hydrogen-bond acceptors (Lipinski definition) is 8. The predicted octanol–water partition coefficient (Wildman–Crippen LogP) is 1.31. The van der Waals surface area contributed by atoms with Crippen LogP contribution in [0.5, 0.6) is 0 Å². The van der Waals surface area contributed by atoms with Crippen molar-refractivity contribution in [3.05, 3.63) is 59.7 Å². The predicted molar refractivity (Wildman–Crippen MR) is 119 cm³/mol. The Hall–Kier alpha value is -3.17. The summed E-state index contributed by atoms with van der Waals surface area (Å²) in [5.41, 5.74) is 3.75. The first kappa shape index (κ1) is 20.1. The van der Waals surface area contributed by atoms with Gasteiger partial charge in [-0.1, -0.05) is 42.5 Å². The highest BCUT2D eigenvalue weighted by Crippen LogP contribution is 2.36. The second-order valence-electron chi connectivity index (χ2n) is 7.68. The zero-order valence-corrected chi connectivity index (χ0v) is 17.3. The monoisotopic (exact) mass is 404 g/mol. The first-order valence-corrected chi connectivity index (χ1v) is 9.92. The lowest BCUT2D eigenvalue weighted by molar-refractivity contribution is 0.425. The number of para-hydroxylation sites is 1. The quantitative estimate of drug-likeness (QED) is 0.530. The summed E-state index contributed by atoms with van der Waals surface area (Å²) in [6, 6.07) is 15.7. The number of nitrogens with one attached hydrogen (secondary N) is 1. The fraction of sp³-hybridized carbons (Fsp3) is 0.286. The molecule has 1 aliphatic heterocycles. The van der Waals surface area contributed by atoms with Gasteiger partial charge in [-0.25, -0.2) is 0 Å². The summed E-state index contributed by atoms with van der Waals surface area (Å²) in [4.78, 5) is 17.9. The first-order chi connectivity index (χ1) is 14.4. The largest absolute Gasteiger partial charge is 0.488 e. The van der Waals surface area contributed by atoms with Crippen LogP contribution < -0.4 is 20.6 Å². The maximum absolute atomic E-state index is 9.38. The molecule has 2 heterocycles. The highest BCUT2D eigenvalue weighted by molar-refractivity contribution is 6.58. The van der Waals surface area contributed by atoms with Crippen molar-refractivity contribution >= 4 is 36.1 Å². The van der Waals surface area contributed by atoms with Gasteiger partial charge >= 0.3 is 7.12 Å². The number of nitrogens with zero attached hydrogens (tertiary/aromatic N) is 5. The molecular weight excluding hydrogens is 379 g/mol. The second-order valence-corrected chi connectivity index (χ2v) is 7.68. The van der Waals surface area contributed by atoms with Gasteiger partial charge in [-0.3, -0.25) is 0 Å². The van der Waals surface area contributed by atoms with E-state index >= 15 is 0 Å². The second kappa shape index (κ2) is 8.29. The third kappa shape index (κ3) is 4.08. The summed E-state index contributed by atoms with van der Waals surface area (Å²) in [5.74, 6) is 1.64. The maximum atomic E-state index is 9.38. The SMILES string of the molecule is CC1Cc2ccccc2N1c1nc(NCc2cccc(B(O)O)c2)nc(N(C)C)n1. The summed E-state index contributed by atoms with van der Waals surface area (Å²) in [5, 5.41) is 22.0. The Morgan fingerprint density at radius 3 is 2.67 bits per heavy atom. The van der Waals surface area contributed by atoms with Gasteiger partial charge in [0, 0.05) is 32.4 Å². The van der Waals surface area contributed by atoms with Crippen LogP contribution in [0.15, 0.2) is 48.5 Å². The average molecular weight is 404 g/mol. The third-order valence-electron chi connectivity index (χ3n) is 5.13. The number of aromatic nitrogens is 3. The molecule has 30 heavy (non-hydrogen) atoms. The van der Waals surface area contributed by atoms with Crippen LogP contribution in [0.4, 0.5) is 23.5 Å². The molecule has 8 nitrogen and oxygen atoms in total. The topological polar surface area (TPSA) is 97.6 Å². The summed E-state index contributed by atoms with van der Waals surface area (Å²) in [6.07, 6.45) is 0.943. The molecule has 1 atom stereocenters. The molecule has 0 fully saturated rings. The Morgan fingerprint density at radius 1 is 1.10 bits per heavy atom. The van der Waals surface area contributed by atoms with Crippen molar-refractivity contribution in [3.63, 3.8) is 0 Å². The molecule has 2 aromatic carbocycles. The minimum atomic E-state index is -1.49. The van der Waals surface area contributed by atoms with Crippen LogP contribution in [0.2, 0.25) is 0 Å². The zero-order valence-electron chi connectivity index (χ0n) is 17.3. The van der Waals surface area contributed by atoms with Gasteiger partial charge in [-0.15, -0.1) is 0 Å². The van der Waals surface area contributed by atoms with Crippen LogP contribution in [-0.4, -0.2) is 52.3 Å². The van der Waals surface area contributed by atoms with E-state index in [9.17, 15) is 10.0 Å². The molecule has 0 spiro atoms. The molecule has 3 N–H and O–H groups in total. The first-order valence-electron chi connectivity index (χ1n) is 9.92. The van der Waals surface area contributed by atoms with E-state index < -0.39 is 7.12 Å². The van der Waals surface area contributed by atoms with E-state index in [1.807, 2.05) is 31.1 Å². The number of hydrogen-bond donors (Lipinski definition) is 3. The fourth-order valence-corrected chi connectivity index (χ4v) is 3.66. The minimum absolute atomic E-state index is 0.246. The Labute approximate surface area is 176 Å². The summed E-state index contributed by atoms with van der Waals surface area (Å²) in [6.45, 7) is 2.61. The van der Waals surface area contributed by atoms with Gasteiger partial charge in [0.15, 0.2) is 0 Å². The van der Waals surface area contributed by atoms with Crippen molar-refractivity contribution in [2.75, 3.05) is 29.2 Å². The highest BCUT2D eigenvalue weighted by Gasteiger charge is 2.29. The number of benzene rings is 2. The highest BCUT2D eigenvalue weighted by atomic mass is 16.4. The lowest BCUT2D eigenvalue weighted by Crippen LogP contribution is -2.30. The Morgan fingerprint density at radius 2 is 1.90 bits per heavy atom. The Balaban J connectivity index is 1.63. The van der Waals surface area contributed by atoms with Crippen LogP contribution in [-0.2, 0) is 13.0 Å². The van der Waals surface area contributed by atoms with E-state index in [4.69, 9.17) is 0 Å². The van der Waals surface area contributed by atoms with Gasteiger partial charge < -0.3 is 25.2 Å². The number of fused-ring (bicyclic) bond motifs is 1. The van der Waals surface area contributed by atoms with E-state index in [1.54, 1.807) is 18.2 Å². The molecule has 9 heteroatoms. The average Bonchev–Trinajstić information content (AvgIpc) is 3.08. The molecule has 1 aromatic heterocycles. The standard InChI is InChI=1S/C21H25BN6O2/c1-14-11-16-8-4-5-10-18(16)28(14)21-25-19(24-20(26-21)27(2)3)23-13-15-7-6-9-17(12-15)22(29)30/h4-10,12,14,29-30H,11,13H2,1-3H3,(H,23,24,25,26). The zero-order chi connectivity index (χ0) is 21.3. The van der Waals surface area contributed by atoms with Gasteiger partial charge in [0.05, 0.1) is 0 Å². The molecule has 0 aliphatic carbocycles. The van der Waals surface area contributed by atoms with Crippen LogP contribution >= 0.6 is 0 Å². The van der Waals surface area contributed by atoms with Gasteiger partial charge in [0.2, 0.25) is 17.8 Å². The molecule has 0 bridgehead atoms. The Bertz CT molecular complexity index is 1050. The summed E-state index contributed by atoms with van der Waals surface area (Å²) in [7, 11) is 2.30. The van der Waals surface area contributed by atoms with Gasteiger partial charge in [-0.2, -0.15) is 15.0 Å². The van der Waals surface area contributed by atoms with Crippen molar-refractivity contribution in [1.82, 2.24) is 15.0 Å². The van der Waals surface area contributed by atoms with Gasteiger partial charge in [0.25, 0.3) is 0 Å². The van der Waals surface area contributed by atoms with Crippen LogP contribution in [0.1, 0.15) is 18.1 Å². The molecule has 1 aliphatic rings. The molecule has 0 saturated heterocycles. The molecule has 0 radical (unpaired) electrons. The molecule has 3 aromatic rings. The van der Waals surface area contributed by atoms with E-state index in [1.165, 1.54) is 5.56 Å². The molecule has 0 amide bonds. The van der Waals surface area contributed by atoms with E-state index in [-0.39, 0.29) is 6.04 Å². The van der Waals surface area contributed by atoms with Crippen LogP contribution in [0.25, 0.3) is 0 Å². The fourth-order valence-electron chi connectivity index (χ4n) is 3.66. The van der Waals surface area contributed by atoms with E-state index in [0.717, 1.165) is 17.7 Å². The summed E-state index contributed by atoms with van der Waals surface area (Å²) < 4.78 is 0. The molecule has 0 saturated carbocycles. The molecule has 1 unspecified atom stereocenters. The van der Waals surface area contributed by atoms with Crippen molar-refractivity contribution in [2.45, 2.75) is 25.9 Å². The number of rotatable bonds is 6. The lowest BCUT2D eigenvalue weighted by Gasteiger charge is -2.24. The summed E-state index contributed by atoms with van der Waals surface area (Å²) >= 11 is 0. The van der Waals surface area contributed by atoms with Crippen molar-refractivity contribution in [1.29, 1.82) is 0 Å². The third-order valence-corrected chi connectivity index (χ3v) is 5.13. The van der Waals surface area contributed by atoms with Crippen molar-refractivity contribution in [3.8, 4) is 0 Å². The minimum Gasteiger partial charge on any atom is -0.423 e.